The highest BCUT2D eigenvalue weighted by Gasteiger charge is 2.31. The lowest BCUT2D eigenvalue weighted by Gasteiger charge is -2.28. The fraction of sp³-hybridized carbons (Fsp3) is 0.500. The zero-order chi connectivity index (χ0) is 13.1. The van der Waals surface area contributed by atoms with Crippen LogP contribution in [-0.2, 0) is 4.74 Å². The highest BCUT2D eigenvalue weighted by Crippen LogP contribution is 2.35. The Kier molecular flexibility index (Phi) is 4.19. The Morgan fingerprint density at radius 1 is 1.50 bits per heavy atom. The van der Waals surface area contributed by atoms with Gasteiger partial charge in [0.1, 0.15) is 4.99 Å². The molecule has 3 nitrogen and oxygen atoms in total. The van der Waals surface area contributed by atoms with Crippen molar-refractivity contribution in [2.24, 2.45) is 5.73 Å². The third kappa shape index (κ3) is 2.82. The maximum Gasteiger partial charge on any atom is 0.106 e. The summed E-state index contributed by atoms with van der Waals surface area (Å²) in [5.41, 5.74) is 9.23. The molecule has 2 rings (SSSR count). The van der Waals surface area contributed by atoms with Gasteiger partial charge in [-0.2, -0.15) is 0 Å². The van der Waals surface area contributed by atoms with Crippen molar-refractivity contribution in [2.75, 3.05) is 25.2 Å². The first-order valence-electron chi connectivity index (χ1n) is 6.30. The fourth-order valence-electron chi connectivity index (χ4n) is 2.29. The van der Waals surface area contributed by atoms with Crippen molar-refractivity contribution in [3.05, 3.63) is 29.3 Å². The third-order valence-corrected chi connectivity index (χ3v) is 3.53. The Morgan fingerprint density at radius 3 is 2.78 bits per heavy atom. The van der Waals surface area contributed by atoms with E-state index in [9.17, 15) is 0 Å². The van der Waals surface area contributed by atoms with E-state index in [1.54, 1.807) is 7.11 Å². The van der Waals surface area contributed by atoms with Gasteiger partial charge >= 0.3 is 0 Å². The van der Waals surface area contributed by atoms with Crippen LogP contribution in [0.3, 0.4) is 0 Å². The van der Waals surface area contributed by atoms with E-state index in [1.807, 2.05) is 12.1 Å². The van der Waals surface area contributed by atoms with Crippen LogP contribution in [0.4, 0.5) is 5.69 Å². The summed E-state index contributed by atoms with van der Waals surface area (Å²) in [5.74, 6) is 0. The lowest BCUT2D eigenvalue weighted by molar-refractivity contribution is 0.205. The molecule has 2 N–H and O–H groups in total. The van der Waals surface area contributed by atoms with Crippen molar-refractivity contribution >= 4 is 22.9 Å². The molecule has 4 heteroatoms. The van der Waals surface area contributed by atoms with Gasteiger partial charge in [0.2, 0.25) is 0 Å². The van der Waals surface area contributed by atoms with Crippen molar-refractivity contribution in [1.29, 1.82) is 0 Å². The van der Waals surface area contributed by atoms with Crippen molar-refractivity contribution in [3.63, 3.8) is 0 Å². The van der Waals surface area contributed by atoms with Gasteiger partial charge in [-0.3, -0.25) is 0 Å². The molecule has 1 aromatic carbocycles. The number of nitrogens with two attached hydrogens (primary N) is 1. The molecular formula is C14H20N2OS. The van der Waals surface area contributed by atoms with E-state index in [0.717, 1.165) is 18.7 Å². The molecule has 0 spiro atoms. The zero-order valence-electron chi connectivity index (χ0n) is 11.0. The molecule has 0 aromatic heterocycles. The van der Waals surface area contributed by atoms with Crippen LogP contribution in [0.15, 0.2) is 18.2 Å². The van der Waals surface area contributed by atoms with Crippen molar-refractivity contribution in [2.45, 2.75) is 25.8 Å². The van der Waals surface area contributed by atoms with Crippen LogP contribution in [0.2, 0.25) is 0 Å². The first kappa shape index (κ1) is 13.3. The van der Waals surface area contributed by atoms with Crippen LogP contribution < -0.4 is 10.6 Å². The molecule has 1 aliphatic carbocycles. The summed E-state index contributed by atoms with van der Waals surface area (Å²) in [4.78, 5) is 2.87. The lowest BCUT2D eigenvalue weighted by atomic mass is 10.1. The Labute approximate surface area is 114 Å². The molecule has 1 fully saturated rings. The van der Waals surface area contributed by atoms with Crippen molar-refractivity contribution in [3.8, 4) is 0 Å². The van der Waals surface area contributed by atoms with Gasteiger partial charge in [0.05, 0.1) is 12.3 Å². The largest absolute Gasteiger partial charge is 0.389 e. The highest BCUT2D eigenvalue weighted by molar-refractivity contribution is 7.80. The summed E-state index contributed by atoms with van der Waals surface area (Å²) in [6, 6.07) is 6.75. The molecule has 0 heterocycles. The number of aryl methyl sites for hydroxylation is 1. The predicted molar refractivity (Wildman–Crippen MR) is 79.3 cm³/mol. The Bertz CT molecular complexity index is 443. The van der Waals surface area contributed by atoms with E-state index in [2.05, 4.69) is 17.9 Å². The number of rotatable bonds is 6. The molecule has 0 aliphatic heterocycles. The molecule has 0 unspecified atom stereocenters. The molecule has 0 saturated heterocycles. The monoisotopic (exact) mass is 264 g/mol. The fourth-order valence-corrected chi connectivity index (χ4v) is 2.46. The molecule has 18 heavy (non-hydrogen) atoms. The van der Waals surface area contributed by atoms with E-state index in [0.29, 0.717) is 11.0 Å². The Hall–Kier alpha value is -1.13. The summed E-state index contributed by atoms with van der Waals surface area (Å²) in [7, 11) is 1.73. The van der Waals surface area contributed by atoms with Gasteiger partial charge in [-0.25, -0.2) is 0 Å². The molecule has 0 bridgehead atoms. The summed E-state index contributed by atoms with van der Waals surface area (Å²) >= 11 is 5.17. The second-order valence-corrected chi connectivity index (χ2v) is 5.19. The van der Waals surface area contributed by atoms with E-state index in [-0.39, 0.29) is 0 Å². The highest BCUT2D eigenvalue weighted by atomic mass is 32.1. The van der Waals surface area contributed by atoms with Crippen LogP contribution in [0, 0.1) is 6.92 Å². The van der Waals surface area contributed by atoms with E-state index < -0.39 is 0 Å². The molecular weight excluding hydrogens is 244 g/mol. The molecule has 1 aliphatic rings. The van der Waals surface area contributed by atoms with Gasteiger partial charge in [-0.05, 0) is 31.4 Å². The number of nitrogens with zero attached hydrogens (tertiary/aromatic N) is 1. The molecule has 0 atom stereocenters. The van der Waals surface area contributed by atoms with Gasteiger partial charge in [-0.1, -0.05) is 24.4 Å². The minimum Gasteiger partial charge on any atom is -0.389 e. The van der Waals surface area contributed by atoms with Crippen LogP contribution in [0.1, 0.15) is 24.0 Å². The second-order valence-electron chi connectivity index (χ2n) is 4.75. The predicted octanol–water partition coefficient (Wildman–Crippen LogP) is 2.24. The topological polar surface area (TPSA) is 38.5 Å². The van der Waals surface area contributed by atoms with Crippen LogP contribution in [-0.4, -0.2) is 31.3 Å². The van der Waals surface area contributed by atoms with E-state index >= 15 is 0 Å². The standard InChI is InChI=1S/C14H20N2OS/c1-10-4-3-5-12(14(15)18)13(10)16(8-9-17-2)11-6-7-11/h3-5,11H,6-9H2,1-2H3,(H2,15,18). The first-order chi connectivity index (χ1) is 8.65. The number of anilines is 1. The summed E-state index contributed by atoms with van der Waals surface area (Å²) in [6.07, 6.45) is 2.49. The van der Waals surface area contributed by atoms with Crippen molar-refractivity contribution in [1.82, 2.24) is 0 Å². The summed E-state index contributed by atoms with van der Waals surface area (Å²) in [6.45, 7) is 3.72. The summed E-state index contributed by atoms with van der Waals surface area (Å²) < 4.78 is 5.21. The SMILES string of the molecule is COCCN(c1c(C)cccc1C(N)=S)C1CC1. The Balaban J connectivity index is 2.36. The minimum absolute atomic E-state index is 0.469. The minimum atomic E-state index is 0.469. The normalized spacial score (nSPS) is 14.6. The smallest absolute Gasteiger partial charge is 0.106 e. The van der Waals surface area contributed by atoms with Crippen LogP contribution >= 0.6 is 12.2 Å². The van der Waals surface area contributed by atoms with Crippen molar-refractivity contribution < 1.29 is 4.74 Å². The van der Waals surface area contributed by atoms with E-state index in [1.165, 1.54) is 24.1 Å². The van der Waals surface area contributed by atoms with Gasteiger partial charge in [0.15, 0.2) is 0 Å². The molecule has 98 valence electrons. The molecule has 1 saturated carbocycles. The third-order valence-electron chi connectivity index (χ3n) is 3.31. The number of thiocarbonyl (C=S) groups is 1. The molecule has 0 amide bonds. The number of para-hydroxylation sites is 1. The number of benzene rings is 1. The maximum atomic E-state index is 5.84. The average molecular weight is 264 g/mol. The van der Waals surface area contributed by atoms with Gasteiger partial charge in [-0.15, -0.1) is 0 Å². The molecule has 1 aromatic rings. The van der Waals surface area contributed by atoms with Crippen LogP contribution in [0.25, 0.3) is 0 Å². The van der Waals surface area contributed by atoms with E-state index in [4.69, 9.17) is 22.7 Å². The van der Waals surface area contributed by atoms with Gasteiger partial charge in [0, 0.05) is 25.3 Å². The molecule has 0 radical (unpaired) electrons. The van der Waals surface area contributed by atoms with Gasteiger partial charge < -0.3 is 15.4 Å². The zero-order valence-corrected chi connectivity index (χ0v) is 11.8. The first-order valence-corrected chi connectivity index (χ1v) is 6.71. The van der Waals surface area contributed by atoms with Crippen LogP contribution in [0.5, 0.6) is 0 Å². The Morgan fingerprint density at radius 2 is 2.22 bits per heavy atom. The average Bonchev–Trinajstić information content (AvgIpc) is 3.15. The quantitative estimate of drug-likeness (QED) is 0.800. The number of hydrogen-bond acceptors (Lipinski definition) is 3. The maximum absolute atomic E-state index is 5.84. The van der Waals surface area contributed by atoms with Gasteiger partial charge in [0.25, 0.3) is 0 Å². The lowest BCUT2D eigenvalue weighted by Crippen LogP contribution is -2.32. The summed E-state index contributed by atoms with van der Waals surface area (Å²) in [5, 5.41) is 0. The second kappa shape index (κ2) is 5.67. The number of ether oxygens (including phenoxy) is 1. The number of methoxy groups -OCH3 is 1. The number of hydrogen-bond donors (Lipinski definition) is 1.